The number of rotatable bonds is 3. The maximum Gasteiger partial charge on any atom is 0.416 e. The second-order valence-corrected chi connectivity index (χ2v) is 6.81. The number of benzene rings is 2. The zero-order valence-corrected chi connectivity index (χ0v) is 15.9. The van der Waals surface area contributed by atoms with E-state index in [4.69, 9.17) is 0 Å². The number of aryl methyl sites for hydroxylation is 1. The largest absolute Gasteiger partial charge is 0.416 e. The summed E-state index contributed by atoms with van der Waals surface area (Å²) in [6.07, 6.45) is -1.53. The topological polar surface area (TPSA) is 54.9 Å². The van der Waals surface area contributed by atoms with Crippen LogP contribution in [0.15, 0.2) is 73.1 Å². The number of carbonyl (C=O) groups excluding carboxylic acids is 1. The van der Waals surface area contributed by atoms with Crippen LogP contribution >= 0.6 is 0 Å². The summed E-state index contributed by atoms with van der Waals surface area (Å²) >= 11 is 0. The fourth-order valence-corrected chi connectivity index (χ4v) is 3.25. The Balaban J connectivity index is 1.76. The van der Waals surface area contributed by atoms with E-state index in [-0.39, 0.29) is 5.69 Å². The van der Waals surface area contributed by atoms with Crippen LogP contribution in [-0.2, 0) is 6.18 Å². The Hall–Kier alpha value is -3.74. The Morgan fingerprint density at radius 1 is 0.900 bits per heavy atom. The number of fused-ring (bicyclic) bond motifs is 1. The minimum absolute atomic E-state index is 0.0557. The normalized spacial score (nSPS) is 11.5. The first-order chi connectivity index (χ1) is 14.3. The number of alkyl halides is 3. The number of hydrogen-bond acceptors (Lipinski definition) is 3. The van der Waals surface area contributed by atoms with E-state index in [1.807, 2.05) is 0 Å². The summed E-state index contributed by atoms with van der Waals surface area (Å²) in [5.74, 6) is -0.509. The van der Waals surface area contributed by atoms with Gasteiger partial charge in [0, 0.05) is 29.2 Å². The average Bonchev–Trinajstić information content (AvgIpc) is 2.72. The van der Waals surface area contributed by atoms with E-state index in [0.717, 1.165) is 12.1 Å². The molecule has 0 fully saturated rings. The van der Waals surface area contributed by atoms with Gasteiger partial charge < -0.3 is 5.32 Å². The molecule has 1 amide bonds. The average molecular weight is 407 g/mol. The van der Waals surface area contributed by atoms with Gasteiger partial charge in [0.05, 0.1) is 16.6 Å². The van der Waals surface area contributed by atoms with Crippen LogP contribution in [0.5, 0.6) is 0 Å². The number of amides is 1. The van der Waals surface area contributed by atoms with E-state index in [1.165, 1.54) is 18.5 Å². The lowest BCUT2D eigenvalue weighted by atomic mass is 10.0. The summed E-state index contributed by atoms with van der Waals surface area (Å²) in [7, 11) is 0. The summed E-state index contributed by atoms with van der Waals surface area (Å²) in [5.41, 5.74) is 1.77. The molecule has 2 aromatic carbocycles. The Morgan fingerprint density at radius 2 is 1.67 bits per heavy atom. The Labute approximate surface area is 170 Å². The van der Waals surface area contributed by atoms with Crippen LogP contribution in [-0.4, -0.2) is 15.9 Å². The molecule has 0 bridgehead atoms. The molecular formula is C23H16F3N3O. The Bertz CT molecular complexity index is 1250. The number of halogens is 3. The van der Waals surface area contributed by atoms with Gasteiger partial charge in [-0.25, -0.2) is 0 Å². The lowest BCUT2D eigenvalue weighted by Crippen LogP contribution is -2.14. The highest BCUT2D eigenvalue weighted by Crippen LogP contribution is 2.35. The molecule has 0 atom stereocenters. The predicted molar refractivity (Wildman–Crippen MR) is 109 cm³/mol. The van der Waals surface area contributed by atoms with Crippen LogP contribution in [0.2, 0.25) is 0 Å². The minimum Gasteiger partial charge on any atom is -0.322 e. The fourth-order valence-electron chi connectivity index (χ4n) is 3.25. The van der Waals surface area contributed by atoms with Crippen molar-refractivity contribution < 1.29 is 18.0 Å². The van der Waals surface area contributed by atoms with Crippen molar-refractivity contribution in [1.82, 2.24) is 9.97 Å². The van der Waals surface area contributed by atoms with Crippen LogP contribution in [0.4, 0.5) is 18.9 Å². The van der Waals surface area contributed by atoms with Gasteiger partial charge in [0.2, 0.25) is 0 Å². The standard InChI is InChI=1S/C23H16F3N3O/c1-14-10-15(6-8-27-14)16-11-17(23(24,25)26)13-18(12-16)29-22(30)20-7-9-28-21-5-3-2-4-19(20)21/h2-13H,1H3,(H,29,30). The van der Waals surface area contributed by atoms with Crippen molar-refractivity contribution in [3.8, 4) is 11.1 Å². The number of hydrogen-bond donors (Lipinski definition) is 1. The number of anilines is 1. The van der Waals surface area contributed by atoms with Crippen LogP contribution < -0.4 is 5.32 Å². The number of nitrogens with zero attached hydrogens (tertiary/aromatic N) is 2. The third-order valence-corrected chi connectivity index (χ3v) is 4.64. The summed E-state index contributed by atoms with van der Waals surface area (Å²) in [6.45, 7) is 1.76. The third kappa shape index (κ3) is 4.00. The van der Waals surface area contributed by atoms with Crippen LogP contribution in [0.3, 0.4) is 0 Å². The van der Waals surface area contributed by atoms with E-state index in [2.05, 4.69) is 15.3 Å². The molecule has 0 radical (unpaired) electrons. The number of pyridine rings is 2. The van der Waals surface area contributed by atoms with Gasteiger partial charge in [-0.05, 0) is 60.5 Å². The summed E-state index contributed by atoms with van der Waals surface area (Å²) in [4.78, 5) is 21.1. The number of nitrogens with one attached hydrogen (secondary N) is 1. The molecule has 0 spiro atoms. The molecule has 30 heavy (non-hydrogen) atoms. The van der Waals surface area contributed by atoms with Crippen LogP contribution in [0.1, 0.15) is 21.6 Å². The summed E-state index contributed by atoms with van der Waals surface area (Å²) in [5, 5.41) is 3.23. The molecule has 0 aliphatic carbocycles. The molecule has 4 rings (SSSR count). The van der Waals surface area contributed by atoms with Crippen molar-refractivity contribution in [2.75, 3.05) is 5.32 Å². The number of para-hydroxylation sites is 1. The van der Waals surface area contributed by atoms with Gasteiger partial charge in [0.15, 0.2) is 0 Å². The first-order valence-electron chi connectivity index (χ1n) is 9.12. The SMILES string of the molecule is Cc1cc(-c2cc(NC(=O)c3ccnc4ccccc34)cc(C(F)(F)F)c2)ccn1. The van der Waals surface area contributed by atoms with Crippen LogP contribution in [0.25, 0.3) is 22.0 Å². The van der Waals surface area contributed by atoms with Gasteiger partial charge >= 0.3 is 6.18 Å². The molecule has 7 heteroatoms. The molecule has 2 aromatic heterocycles. The van der Waals surface area contributed by atoms with Gasteiger partial charge in [-0.1, -0.05) is 18.2 Å². The highest BCUT2D eigenvalue weighted by molar-refractivity contribution is 6.12. The lowest BCUT2D eigenvalue weighted by molar-refractivity contribution is -0.137. The molecule has 0 saturated heterocycles. The van der Waals surface area contributed by atoms with Crippen molar-refractivity contribution in [3.63, 3.8) is 0 Å². The third-order valence-electron chi connectivity index (χ3n) is 4.64. The molecule has 0 aliphatic rings. The molecule has 1 N–H and O–H groups in total. The van der Waals surface area contributed by atoms with E-state index in [1.54, 1.807) is 49.4 Å². The molecule has 0 unspecified atom stereocenters. The predicted octanol–water partition coefficient (Wildman–Crippen LogP) is 5.88. The first kappa shape index (κ1) is 19.6. The van der Waals surface area contributed by atoms with Crippen molar-refractivity contribution in [3.05, 3.63) is 89.9 Å². The van der Waals surface area contributed by atoms with Gasteiger partial charge in [0.25, 0.3) is 5.91 Å². The van der Waals surface area contributed by atoms with Gasteiger partial charge in [0.1, 0.15) is 0 Å². The van der Waals surface area contributed by atoms with E-state index in [0.29, 0.717) is 33.3 Å². The van der Waals surface area contributed by atoms with E-state index >= 15 is 0 Å². The van der Waals surface area contributed by atoms with Crippen molar-refractivity contribution in [1.29, 1.82) is 0 Å². The lowest BCUT2D eigenvalue weighted by Gasteiger charge is -2.14. The zero-order chi connectivity index (χ0) is 21.3. The fraction of sp³-hybridized carbons (Fsp3) is 0.0870. The number of aromatic nitrogens is 2. The molecule has 0 aliphatic heterocycles. The highest BCUT2D eigenvalue weighted by Gasteiger charge is 2.31. The number of carbonyl (C=O) groups is 1. The van der Waals surface area contributed by atoms with Gasteiger partial charge in [-0.3, -0.25) is 14.8 Å². The van der Waals surface area contributed by atoms with Gasteiger partial charge in [-0.15, -0.1) is 0 Å². The second-order valence-electron chi connectivity index (χ2n) is 6.81. The molecule has 0 saturated carbocycles. The minimum atomic E-state index is -4.55. The smallest absolute Gasteiger partial charge is 0.322 e. The molecular weight excluding hydrogens is 391 g/mol. The molecule has 4 aromatic rings. The molecule has 4 nitrogen and oxygen atoms in total. The van der Waals surface area contributed by atoms with Crippen molar-refractivity contribution in [2.45, 2.75) is 13.1 Å². The maximum atomic E-state index is 13.5. The summed E-state index contributed by atoms with van der Waals surface area (Å²) < 4.78 is 40.4. The van der Waals surface area contributed by atoms with E-state index < -0.39 is 17.6 Å². The summed E-state index contributed by atoms with van der Waals surface area (Å²) in [6, 6.07) is 15.5. The maximum absolute atomic E-state index is 13.5. The molecule has 150 valence electrons. The Kier molecular flexibility index (Phi) is 4.95. The van der Waals surface area contributed by atoms with Gasteiger partial charge in [-0.2, -0.15) is 13.2 Å². The van der Waals surface area contributed by atoms with Crippen molar-refractivity contribution >= 4 is 22.5 Å². The van der Waals surface area contributed by atoms with Crippen molar-refractivity contribution in [2.24, 2.45) is 0 Å². The monoisotopic (exact) mass is 407 g/mol. The van der Waals surface area contributed by atoms with Crippen LogP contribution in [0, 0.1) is 6.92 Å². The quantitative estimate of drug-likeness (QED) is 0.462. The first-order valence-corrected chi connectivity index (χ1v) is 9.12. The van der Waals surface area contributed by atoms with E-state index in [9.17, 15) is 18.0 Å². The second kappa shape index (κ2) is 7.59. The zero-order valence-electron chi connectivity index (χ0n) is 15.9. The Morgan fingerprint density at radius 3 is 2.43 bits per heavy atom. The molecule has 2 heterocycles. The highest BCUT2D eigenvalue weighted by atomic mass is 19.4.